The summed E-state index contributed by atoms with van der Waals surface area (Å²) < 4.78 is 13.0. The van der Waals surface area contributed by atoms with Gasteiger partial charge in [0.15, 0.2) is 0 Å². The molecule has 1 atom stereocenters. The number of hydrogen-bond acceptors (Lipinski definition) is 1. The molecule has 1 N–H and O–H groups in total. The van der Waals surface area contributed by atoms with E-state index in [0.717, 1.165) is 19.5 Å². The molecule has 1 aliphatic heterocycles. The zero-order valence-corrected chi connectivity index (χ0v) is 7.81. The van der Waals surface area contributed by atoms with Gasteiger partial charge in [0.05, 0.1) is 0 Å². The van der Waals surface area contributed by atoms with Crippen LogP contribution in [0.3, 0.4) is 0 Å². The predicted molar refractivity (Wildman–Crippen MR) is 51.4 cm³/mol. The van der Waals surface area contributed by atoms with Crippen LogP contribution in [0.15, 0.2) is 18.2 Å². The Balaban J connectivity index is 2.32. The Morgan fingerprint density at radius 2 is 2.31 bits per heavy atom. The molecule has 1 aromatic carbocycles. The van der Waals surface area contributed by atoms with Gasteiger partial charge in [0.2, 0.25) is 0 Å². The highest BCUT2D eigenvalue weighted by Gasteiger charge is 2.18. The summed E-state index contributed by atoms with van der Waals surface area (Å²) in [6, 6.07) is 5.07. The Morgan fingerprint density at radius 1 is 1.46 bits per heavy atom. The highest BCUT2D eigenvalue weighted by molar-refractivity contribution is 5.30. The normalized spacial score (nSPS) is 22.2. The molecule has 70 valence electrons. The van der Waals surface area contributed by atoms with Crippen LogP contribution in [0.25, 0.3) is 0 Å². The van der Waals surface area contributed by atoms with Gasteiger partial charge in [0, 0.05) is 6.54 Å². The van der Waals surface area contributed by atoms with Crippen molar-refractivity contribution in [3.63, 3.8) is 0 Å². The number of halogens is 1. The van der Waals surface area contributed by atoms with E-state index in [1.165, 1.54) is 17.2 Å². The fourth-order valence-corrected chi connectivity index (χ4v) is 1.97. The average Bonchev–Trinajstić information content (AvgIpc) is 2.61. The van der Waals surface area contributed by atoms with Gasteiger partial charge >= 0.3 is 0 Å². The van der Waals surface area contributed by atoms with Crippen molar-refractivity contribution in [2.75, 3.05) is 13.1 Å². The number of hydrogen-bond donors (Lipinski definition) is 1. The molecule has 1 aliphatic rings. The summed E-state index contributed by atoms with van der Waals surface area (Å²) in [5, 5.41) is 3.30. The van der Waals surface area contributed by atoms with Crippen LogP contribution in [-0.4, -0.2) is 13.1 Å². The minimum Gasteiger partial charge on any atom is -0.316 e. The van der Waals surface area contributed by atoms with Gasteiger partial charge in [0.25, 0.3) is 0 Å². The Bertz CT molecular complexity index is 303. The van der Waals surface area contributed by atoms with Crippen molar-refractivity contribution >= 4 is 0 Å². The fraction of sp³-hybridized carbons (Fsp3) is 0.455. The van der Waals surface area contributed by atoms with Crippen LogP contribution in [0.1, 0.15) is 23.5 Å². The number of nitrogens with one attached hydrogen (secondary N) is 1. The monoisotopic (exact) mass is 179 g/mol. The van der Waals surface area contributed by atoms with Gasteiger partial charge in [-0.05, 0) is 49.1 Å². The van der Waals surface area contributed by atoms with Crippen LogP contribution in [-0.2, 0) is 0 Å². The van der Waals surface area contributed by atoms with Crippen molar-refractivity contribution in [2.24, 2.45) is 0 Å². The predicted octanol–water partition coefficient (Wildman–Crippen LogP) is 2.21. The quantitative estimate of drug-likeness (QED) is 0.697. The second kappa shape index (κ2) is 3.46. The summed E-state index contributed by atoms with van der Waals surface area (Å²) in [7, 11) is 0. The van der Waals surface area contributed by atoms with E-state index in [2.05, 4.69) is 5.32 Å². The van der Waals surface area contributed by atoms with Crippen LogP contribution in [0.2, 0.25) is 0 Å². The van der Waals surface area contributed by atoms with E-state index >= 15 is 0 Å². The molecule has 1 aromatic rings. The highest BCUT2D eigenvalue weighted by atomic mass is 19.1. The van der Waals surface area contributed by atoms with Crippen molar-refractivity contribution in [1.29, 1.82) is 0 Å². The van der Waals surface area contributed by atoms with Gasteiger partial charge in [-0.25, -0.2) is 4.39 Å². The van der Waals surface area contributed by atoms with E-state index in [1.54, 1.807) is 6.07 Å². The Hall–Kier alpha value is -0.890. The molecule has 0 aromatic heterocycles. The molecule has 0 spiro atoms. The molecule has 0 aliphatic carbocycles. The Labute approximate surface area is 78.0 Å². The van der Waals surface area contributed by atoms with E-state index < -0.39 is 0 Å². The molecule has 0 radical (unpaired) electrons. The topological polar surface area (TPSA) is 12.0 Å². The molecule has 0 amide bonds. The molecule has 2 heteroatoms. The van der Waals surface area contributed by atoms with Crippen molar-refractivity contribution in [3.05, 3.63) is 35.1 Å². The lowest BCUT2D eigenvalue weighted by atomic mass is 9.94. The molecule has 0 bridgehead atoms. The van der Waals surface area contributed by atoms with Crippen LogP contribution < -0.4 is 5.32 Å². The number of aryl methyl sites for hydroxylation is 1. The maximum Gasteiger partial charge on any atom is 0.123 e. The number of rotatable bonds is 1. The first kappa shape index (κ1) is 8.70. The molecule has 1 nitrogen and oxygen atoms in total. The third kappa shape index (κ3) is 1.73. The minimum atomic E-state index is -0.118. The fourth-order valence-electron chi connectivity index (χ4n) is 1.97. The third-order valence-corrected chi connectivity index (χ3v) is 2.74. The average molecular weight is 179 g/mol. The first-order valence-corrected chi connectivity index (χ1v) is 4.74. The van der Waals surface area contributed by atoms with Gasteiger partial charge in [-0.15, -0.1) is 0 Å². The summed E-state index contributed by atoms with van der Waals surface area (Å²) in [4.78, 5) is 0. The summed E-state index contributed by atoms with van der Waals surface area (Å²) >= 11 is 0. The molecule has 1 unspecified atom stereocenters. The lowest BCUT2D eigenvalue weighted by Crippen LogP contribution is -2.08. The maximum atomic E-state index is 13.0. The lowest BCUT2D eigenvalue weighted by molar-refractivity contribution is 0.620. The molecule has 0 saturated carbocycles. The van der Waals surface area contributed by atoms with Gasteiger partial charge < -0.3 is 5.32 Å². The van der Waals surface area contributed by atoms with Crippen LogP contribution in [0.5, 0.6) is 0 Å². The van der Waals surface area contributed by atoms with E-state index in [4.69, 9.17) is 0 Å². The Kier molecular flexibility index (Phi) is 2.32. The molecular weight excluding hydrogens is 165 g/mol. The summed E-state index contributed by atoms with van der Waals surface area (Å²) in [6.45, 7) is 4.10. The SMILES string of the molecule is Cc1ccc(F)cc1C1CCNC1. The standard InChI is InChI=1S/C11H14FN/c1-8-2-3-10(12)6-11(8)9-4-5-13-7-9/h2-3,6,9,13H,4-5,7H2,1H3. The molecule has 13 heavy (non-hydrogen) atoms. The van der Waals surface area contributed by atoms with Gasteiger partial charge in [-0.1, -0.05) is 6.07 Å². The van der Waals surface area contributed by atoms with Gasteiger partial charge in [0.1, 0.15) is 5.82 Å². The maximum absolute atomic E-state index is 13.0. The lowest BCUT2D eigenvalue weighted by Gasteiger charge is -2.11. The van der Waals surface area contributed by atoms with Gasteiger partial charge in [-0.2, -0.15) is 0 Å². The Morgan fingerprint density at radius 3 is 3.00 bits per heavy atom. The molecule has 1 heterocycles. The van der Waals surface area contributed by atoms with Crippen molar-refractivity contribution in [3.8, 4) is 0 Å². The largest absolute Gasteiger partial charge is 0.316 e. The number of benzene rings is 1. The third-order valence-electron chi connectivity index (χ3n) is 2.74. The first-order valence-electron chi connectivity index (χ1n) is 4.74. The van der Waals surface area contributed by atoms with E-state index in [-0.39, 0.29) is 5.82 Å². The zero-order valence-electron chi connectivity index (χ0n) is 7.81. The van der Waals surface area contributed by atoms with E-state index in [0.29, 0.717) is 5.92 Å². The molecule has 1 saturated heterocycles. The summed E-state index contributed by atoms with van der Waals surface area (Å²) in [5.41, 5.74) is 2.38. The van der Waals surface area contributed by atoms with Crippen molar-refractivity contribution < 1.29 is 4.39 Å². The zero-order chi connectivity index (χ0) is 9.26. The second-order valence-electron chi connectivity index (χ2n) is 3.69. The summed E-state index contributed by atoms with van der Waals surface area (Å²) in [6.07, 6.45) is 1.13. The van der Waals surface area contributed by atoms with Crippen molar-refractivity contribution in [1.82, 2.24) is 5.32 Å². The molecule has 1 fully saturated rings. The van der Waals surface area contributed by atoms with Gasteiger partial charge in [-0.3, -0.25) is 0 Å². The first-order chi connectivity index (χ1) is 6.27. The molecule has 2 rings (SSSR count). The minimum absolute atomic E-state index is 0.118. The van der Waals surface area contributed by atoms with E-state index in [1.807, 2.05) is 13.0 Å². The van der Waals surface area contributed by atoms with Crippen LogP contribution >= 0.6 is 0 Å². The van der Waals surface area contributed by atoms with Crippen LogP contribution in [0, 0.1) is 12.7 Å². The second-order valence-corrected chi connectivity index (χ2v) is 3.69. The van der Waals surface area contributed by atoms with Crippen molar-refractivity contribution in [2.45, 2.75) is 19.3 Å². The molecular formula is C11H14FN. The summed E-state index contributed by atoms with van der Waals surface area (Å²) in [5.74, 6) is 0.392. The van der Waals surface area contributed by atoms with E-state index in [9.17, 15) is 4.39 Å². The highest BCUT2D eigenvalue weighted by Crippen LogP contribution is 2.25. The van der Waals surface area contributed by atoms with Crippen LogP contribution in [0.4, 0.5) is 4.39 Å². The smallest absolute Gasteiger partial charge is 0.123 e.